The lowest BCUT2D eigenvalue weighted by molar-refractivity contribution is -0.147. The van der Waals surface area contributed by atoms with Crippen LogP contribution in [-0.2, 0) is 4.79 Å². The Bertz CT molecular complexity index is 138. The van der Waals surface area contributed by atoms with Crippen LogP contribution in [0.5, 0.6) is 0 Å². The molecule has 0 rings (SSSR count). The zero-order valence-corrected chi connectivity index (χ0v) is 5.47. The van der Waals surface area contributed by atoms with Gasteiger partial charge in [-0.05, 0) is 6.92 Å². The Morgan fingerprint density at radius 2 is 2.20 bits per heavy atom. The smallest absolute Gasteiger partial charge is 0.292 e. The van der Waals surface area contributed by atoms with E-state index in [1.54, 1.807) is 0 Å². The fraction of sp³-hybridized carbons (Fsp3) is 0.800. The molecule has 1 unspecified atom stereocenters. The van der Waals surface area contributed by atoms with Crippen molar-refractivity contribution in [2.24, 2.45) is 5.73 Å². The van der Waals surface area contributed by atoms with Crippen molar-refractivity contribution in [3.8, 4) is 0 Å². The normalized spacial score (nSPS) is 14.9. The van der Waals surface area contributed by atoms with Gasteiger partial charge in [0.05, 0.1) is 6.54 Å². The SMILES string of the molecule is CC(=O)C(O)C(F)(F)CN. The quantitative estimate of drug-likeness (QED) is 0.576. The minimum absolute atomic E-state index is 0.883. The van der Waals surface area contributed by atoms with Crippen LogP contribution in [0.15, 0.2) is 0 Å². The molecule has 60 valence electrons. The van der Waals surface area contributed by atoms with Crippen molar-refractivity contribution in [3.05, 3.63) is 0 Å². The number of ketones is 1. The Morgan fingerprint density at radius 1 is 1.80 bits per heavy atom. The van der Waals surface area contributed by atoms with Crippen LogP contribution in [0, 0.1) is 0 Å². The van der Waals surface area contributed by atoms with Crippen molar-refractivity contribution < 1.29 is 18.7 Å². The summed E-state index contributed by atoms with van der Waals surface area (Å²) < 4.78 is 24.4. The molecule has 0 heterocycles. The molecule has 0 amide bonds. The zero-order valence-electron chi connectivity index (χ0n) is 5.47. The molecule has 3 N–H and O–H groups in total. The van der Waals surface area contributed by atoms with Crippen molar-refractivity contribution in [1.82, 2.24) is 0 Å². The molecular formula is C5H9F2NO2. The molecular weight excluding hydrogens is 144 g/mol. The van der Waals surface area contributed by atoms with E-state index in [-0.39, 0.29) is 0 Å². The Hall–Kier alpha value is -0.550. The van der Waals surface area contributed by atoms with E-state index in [1.165, 1.54) is 0 Å². The first-order valence-electron chi connectivity index (χ1n) is 2.68. The van der Waals surface area contributed by atoms with Gasteiger partial charge in [-0.15, -0.1) is 0 Å². The molecule has 0 saturated heterocycles. The standard InChI is InChI=1S/C5H9F2NO2/c1-3(9)4(10)5(6,7)2-8/h4,10H,2,8H2,1H3. The van der Waals surface area contributed by atoms with Gasteiger partial charge >= 0.3 is 0 Å². The van der Waals surface area contributed by atoms with E-state index in [1.807, 2.05) is 0 Å². The molecule has 0 bridgehead atoms. The van der Waals surface area contributed by atoms with Gasteiger partial charge in [-0.2, -0.15) is 0 Å². The molecule has 0 spiro atoms. The van der Waals surface area contributed by atoms with E-state index in [9.17, 15) is 13.6 Å². The molecule has 10 heavy (non-hydrogen) atoms. The van der Waals surface area contributed by atoms with Gasteiger partial charge in [0.2, 0.25) is 0 Å². The van der Waals surface area contributed by atoms with Crippen LogP contribution in [0.1, 0.15) is 6.92 Å². The predicted octanol–water partition coefficient (Wildman–Crippen LogP) is -0.470. The topological polar surface area (TPSA) is 63.3 Å². The highest BCUT2D eigenvalue weighted by Gasteiger charge is 2.39. The van der Waals surface area contributed by atoms with Crippen molar-refractivity contribution in [3.63, 3.8) is 0 Å². The largest absolute Gasteiger partial charge is 0.379 e. The predicted molar refractivity (Wildman–Crippen MR) is 30.7 cm³/mol. The van der Waals surface area contributed by atoms with E-state index in [0.29, 0.717) is 0 Å². The minimum Gasteiger partial charge on any atom is -0.379 e. The van der Waals surface area contributed by atoms with E-state index in [4.69, 9.17) is 5.11 Å². The number of aliphatic hydroxyl groups excluding tert-OH is 1. The molecule has 0 aromatic carbocycles. The molecule has 0 aliphatic rings. The van der Waals surface area contributed by atoms with Gasteiger partial charge in [0.1, 0.15) is 0 Å². The lowest BCUT2D eigenvalue weighted by atomic mass is 10.1. The van der Waals surface area contributed by atoms with Crippen LogP contribution >= 0.6 is 0 Å². The lowest BCUT2D eigenvalue weighted by Gasteiger charge is -2.17. The van der Waals surface area contributed by atoms with Gasteiger partial charge in [-0.3, -0.25) is 4.79 Å². The molecule has 0 radical (unpaired) electrons. The summed E-state index contributed by atoms with van der Waals surface area (Å²) in [4.78, 5) is 10.2. The van der Waals surface area contributed by atoms with Crippen molar-refractivity contribution in [1.29, 1.82) is 0 Å². The summed E-state index contributed by atoms with van der Waals surface area (Å²) in [5.41, 5.74) is 4.58. The Kier molecular flexibility index (Phi) is 2.86. The van der Waals surface area contributed by atoms with Gasteiger partial charge in [0.25, 0.3) is 5.92 Å². The van der Waals surface area contributed by atoms with Crippen LogP contribution in [0.3, 0.4) is 0 Å². The number of carbonyl (C=O) groups is 1. The molecule has 1 atom stereocenters. The third-order valence-electron chi connectivity index (χ3n) is 1.06. The van der Waals surface area contributed by atoms with Crippen LogP contribution in [-0.4, -0.2) is 29.5 Å². The van der Waals surface area contributed by atoms with E-state index >= 15 is 0 Å². The molecule has 0 saturated carbocycles. The highest BCUT2D eigenvalue weighted by molar-refractivity contribution is 5.81. The van der Waals surface area contributed by atoms with Gasteiger partial charge in [-0.1, -0.05) is 0 Å². The first-order chi connectivity index (χ1) is 4.41. The number of nitrogens with two attached hydrogens (primary N) is 1. The number of Topliss-reactive ketones (excluding diaryl/α,β-unsaturated/α-hetero) is 1. The van der Waals surface area contributed by atoms with Crippen LogP contribution in [0.2, 0.25) is 0 Å². The maximum absolute atomic E-state index is 12.2. The third-order valence-corrected chi connectivity index (χ3v) is 1.06. The van der Waals surface area contributed by atoms with E-state index < -0.39 is 24.4 Å². The number of carbonyl (C=O) groups excluding carboxylic acids is 1. The van der Waals surface area contributed by atoms with Crippen LogP contribution in [0.25, 0.3) is 0 Å². The van der Waals surface area contributed by atoms with Gasteiger partial charge < -0.3 is 10.8 Å². The maximum atomic E-state index is 12.2. The fourth-order valence-electron chi connectivity index (χ4n) is 0.409. The van der Waals surface area contributed by atoms with Crippen LogP contribution < -0.4 is 5.73 Å². The summed E-state index contributed by atoms with van der Waals surface area (Å²) in [6.45, 7) is -0.137. The Balaban J connectivity index is 4.17. The number of halogens is 2. The molecule has 0 aromatic heterocycles. The number of alkyl halides is 2. The van der Waals surface area contributed by atoms with Gasteiger partial charge in [0, 0.05) is 0 Å². The molecule has 5 heteroatoms. The fourth-order valence-corrected chi connectivity index (χ4v) is 0.409. The first-order valence-corrected chi connectivity index (χ1v) is 2.68. The van der Waals surface area contributed by atoms with E-state index in [0.717, 1.165) is 6.92 Å². The second-order valence-corrected chi connectivity index (χ2v) is 1.98. The van der Waals surface area contributed by atoms with Crippen LogP contribution in [0.4, 0.5) is 8.78 Å². The number of rotatable bonds is 3. The molecule has 0 fully saturated rings. The summed E-state index contributed by atoms with van der Waals surface area (Å²) in [6, 6.07) is 0. The zero-order chi connectivity index (χ0) is 8.36. The molecule has 3 nitrogen and oxygen atoms in total. The summed E-state index contributed by atoms with van der Waals surface area (Å²) in [6.07, 6.45) is -2.27. The average molecular weight is 153 g/mol. The Labute approximate surface area is 56.8 Å². The summed E-state index contributed by atoms with van der Waals surface area (Å²) in [5, 5.41) is 8.47. The second kappa shape index (κ2) is 3.03. The number of hydrogen-bond donors (Lipinski definition) is 2. The van der Waals surface area contributed by atoms with Crippen molar-refractivity contribution in [2.45, 2.75) is 19.0 Å². The van der Waals surface area contributed by atoms with E-state index in [2.05, 4.69) is 5.73 Å². The summed E-state index contributed by atoms with van der Waals surface area (Å²) in [5.74, 6) is -4.47. The monoisotopic (exact) mass is 153 g/mol. The summed E-state index contributed by atoms with van der Waals surface area (Å²) in [7, 11) is 0. The Morgan fingerprint density at radius 3 is 2.30 bits per heavy atom. The van der Waals surface area contributed by atoms with Crippen molar-refractivity contribution >= 4 is 5.78 Å². The number of hydrogen-bond acceptors (Lipinski definition) is 3. The molecule has 0 aliphatic heterocycles. The van der Waals surface area contributed by atoms with Gasteiger partial charge in [-0.25, -0.2) is 8.78 Å². The third kappa shape index (κ3) is 2.00. The molecule has 0 aliphatic carbocycles. The second-order valence-electron chi connectivity index (χ2n) is 1.98. The van der Waals surface area contributed by atoms with Gasteiger partial charge in [0.15, 0.2) is 11.9 Å². The summed E-state index contributed by atoms with van der Waals surface area (Å²) >= 11 is 0. The minimum atomic E-state index is -3.49. The lowest BCUT2D eigenvalue weighted by Crippen LogP contribution is -2.44. The first kappa shape index (κ1) is 9.45. The number of aliphatic hydroxyl groups is 1. The van der Waals surface area contributed by atoms with Crippen molar-refractivity contribution in [2.75, 3.05) is 6.54 Å². The maximum Gasteiger partial charge on any atom is 0.292 e. The highest BCUT2D eigenvalue weighted by atomic mass is 19.3. The average Bonchev–Trinajstić information content (AvgIpc) is 1.86. The highest BCUT2D eigenvalue weighted by Crippen LogP contribution is 2.16. The molecule has 0 aromatic rings.